The standard InChI is InChI=1S/C10H11N3OS/c1-7-5-14-10(13-7)15-6-8-2-3-9(11)12-4-8/h2-5H,6H2,1H3,(H2,11,12). The van der Waals surface area contributed by atoms with E-state index >= 15 is 0 Å². The van der Waals surface area contributed by atoms with Gasteiger partial charge < -0.3 is 10.2 Å². The minimum absolute atomic E-state index is 0.538. The number of nitrogens with two attached hydrogens (primary N) is 1. The summed E-state index contributed by atoms with van der Waals surface area (Å²) in [5, 5.41) is 0.685. The lowest BCUT2D eigenvalue weighted by molar-refractivity contribution is 0.454. The van der Waals surface area contributed by atoms with Crippen LogP contribution in [0.15, 0.2) is 34.2 Å². The first-order valence-corrected chi connectivity index (χ1v) is 5.48. The zero-order chi connectivity index (χ0) is 10.7. The van der Waals surface area contributed by atoms with Crippen LogP contribution in [-0.2, 0) is 5.75 Å². The normalized spacial score (nSPS) is 10.5. The van der Waals surface area contributed by atoms with E-state index in [-0.39, 0.29) is 0 Å². The van der Waals surface area contributed by atoms with Crippen LogP contribution in [0.3, 0.4) is 0 Å². The Hall–Kier alpha value is -1.49. The van der Waals surface area contributed by atoms with Gasteiger partial charge in [0.1, 0.15) is 12.1 Å². The molecule has 0 saturated carbocycles. The Morgan fingerprint density at radius 3 is 2.93 bits per heavy atom. The van der Waals surface area contributed by atoms with Crippen molar-refractivity contribution < 1.29 is 4.42 Å². The molecule has 78 valence electrons. The van der Waals surface area contributed by atoms with Crippen LogP contribution in [0, 0.1) is 6.92 Å². The third-order valence-electron chi connectivity index (χ3n) is 1.81. The minimum atomic E-state index is 0.538. The Balaban J connectivity index is 1.96. The average Bonchev–Trinajstić information content (AvgIpc) is 2.64. The van der Waals surface area contributed by atoms with Gasteiger partial charge >= 0.3 is 0 Å². The largest absolute Gasteiger partial charge is 0.440 e. The van der Waals surface area contributed by atoms with Gasteiger partial charge in [0.15, 0.2) is 0 Å². The lowest BCUT2D eigenvalue weighted by Gasteiger charge is -1.98. The Morgan fingerprint density at radius 2 is 2.33 bits per heavy atom. The molecule has 0 bridgehead atoms. The maximum Gasteiger partial charge on any atom is 0.256 e. The van der Waals surface area contributed by atoms with E-state index in [1.54, 1.807) is 30.3 Å². The smallest absolute Gasteiger partial charge is 0.256 e. The Labute approximate surface area is 91.9 Å². The third kappa shape index (κ3) is 2.73. The molecule has 0 aromatic carbocycles. The Kier molecular flexibility index (Phi) is 2.91. The van der Waals surface area contributed by atoms with Crippen LogP contribution in [0.4, 0.5) is 5.82 Å². The average molecular weight is 221 g/mol. The fourth-order valence-electron chi connectivity index (χ4n) is 1.07. The molecule has 5 heteroatoms. The monoisotopic (exact) mass is 221 g/mol. The minimum Gasteiger partial charge on any atom is -0.440 e. The number of nitrogens with zero attached hydrogens (tertiary/aromatic N) is 2. The summed E-state index contributed by atoms with van der Waals surface area (Å²) >= 11 is 1.54. The highest BCUT2D eigenvalue weighted by atomic mass is 32.2. The molecular weight excluding hydrogens is 210 g/mol. The number of aryl methyl sites for hydroxylation is 1. The molecule has 0 spiro atoms. The fraction of sp³-hybridized carbons (Fsp3) is 0.200. The summed E-state index contributed by atoms with van der Waals surface area (Å²) in [6.45, 7) is 1.90. The Morgan fingerprint density at radius 1 is 1.47 bits per heavy atom. The number of rotatable bonds is 3. The molecule has 2 rings (SSSR count). The number of oxazole rings is 1. The molecule has 0 radical (unpaired) electrons. The predicted octanol–water partition coefficient (Wildman–Crippen LogP) is 2.25. The van der Waals surface area contributed by atoms with Crippen LogP contribution < -0.4 is 5.73 Å². The maximum atomic E-state index is 5.49. The highest BCUT2D eigenvalue weighted by Crippen LogP contribution is 2.21. The number of anilines is 1. The second-order valence-electron chi connectivity index (χ2n) is 3.13. The van der Waals surface area contributed by atoms with Crippen molar-refractivity contribution in [1.29, 1.82) is 0 Å². The molecule has 0 atom stereocenters. The molecule has 2 N–H and O–H groups in total. The highest BCUT2D eigenvalue weighted by Gasteiger charge is 2.02. The summed E-state index contributed by atoms with van der Waals surface area (Å²) in [6.07, 6.45) is 3.40. The molecule has 0 unspecified atom stereocenters. The van der Waals surface area contributed by atoms with E-state index in [2.05, 4.69) is 9.97 Å². The van der Waals surface area contributed by atoms with Gasteiger partial charge in [-0.25, -0.2) is 9.97 Å². The maximum absolute atomic E-state index is 5.49. The molecule has 0 aliphatic heterocycles. The van der Waals surface area contributed by atoms with Crippen molar-refractivity contribution in [2.45, 2.75) is 17.9 Å². The van der Waals surface area contributed by atoms with E-state index in [4.69, 9.17) is 10.2 Å². The van der Waals surface area contributed by atoms with Gasteiger partial charge in [-0.2, -0.15) is 0 Å². The van der Waals surface area contributed by atoms with E-state index in [0.29, 0.717) is 11.0 Å². The van der Waals surface area contributed by atoms with E-state index in [1.165, 1.54) is 0 Å². The van der Waals surface area contributed by atoms with Crippen LogP contribution in [-0.4, -0.2) is 9.97 Å². The summed E-state index contributed by atoms with van der Waals surface area (Å²) in [7, 11) is 0. The van der Waals surface area contributed by atoms with Crippen molar-refractivity contribution in [3.8, 4) is 0 Å². The van der Waals surface area contributed by atoms with Gasteiger partial charge in [-0.3, -0.25) is 0 Å². The van der Waals surface area contributed by atoms with Gasteiger partial charge in [0, 0.05) is 11.9 Å². The number of hydrogen-bond acceptors (Lipinski definition) is 5. The summed E-state index contributed by atoms with van der Waals surface area (Å²) in [4.78, 5) is 8.20. The van der Waals surface area contributed by atoms with Crippen LogP contribution in [0.1, 0.15) is 11.3 Å². The highest BCUT2D eigenvalue weighted by molar-refractivity contribution is 7.98. The molecule has 2 aromatic heterocycles. The number of aromatic nitrogens is 2. The number of hydrogen-bond donors (Lipinski definition) is 1. The molecule has 2 aromatic rings. The number of pyridine rings is 1. The van der Waals surface area contributed by atoms with Crippen LogP contribution in [0.5, 0.6) is 0 Å². The van der Waals surface area contributed by atoms with Crippen LogP contribution in [0.2, 0.25) is 0 Å². The molecule has 0 aliphatic rings. The van der Waals surface area contributed by atoms with Crippen LogP contribution in [0.25, 0.3) is 0 Å². The lowest BCUT2D eigenvalue weighted by Crippen LogP contribution is -1.90. The topological polar surface area (TPSA) is 64.9 Å². The summed E-state index contributed by atoms with van der Waals surface area (Å²) in [6, 6.07) is 3.74. The summed E-state index contributed by atoms with van der Waals surface area (Å²) in [5.41, 5.74) is 7.49. The first-order chi connectivity index (χ1) is 7.24. The first kappa shape index (κ1) is 10.0. The van der Waals surface area contributed by atoms with Gasteiger partial charge in [-0.15, -0.1) is 0 Å². The zero-order valence-electron chi connectivity index (χ0n) is 8.30. The van der Waals surface area contributed by atoms with E-state index < -0.39 is 0 Å². The molecule has 0 saturated heterocycles. The molecule has 15 heavy (non-hydrogen) atoms. The SMILES string of the molecule is Cc1coc(SCc2ccc(N)nc2)n1. The van der Waals surface area contributed by atoms with Crippen LogP contribution >= 0.6 is 11.8 Å². The van der Waals surface area contributed by atoms with Crippen molar-refractivity contribution in [1.82, 2.24) is 9.97 Å². The van der Waals surface area contributed by atoms with E-state index in [1.807, 2.05) is 13.0 Å². The van der Waals surface area contributed by atoms with Gasteiger partial charge in [0.25, 0.3) is 5.22 Å². The quantitative estimate of drug-likeness (QED) is 0.805. The van der Waals surface area contributed by atoms with Crippen molar-refractivity contribution in [2.75, 3.05) is 5.73 Å². The number of thioether (sulfide) groups is 1. The molecule has 0 aliphatic carbocycles. The van der Waals surface area contributed by atoms with Gasteiger partial charge in [0.05, 0.1) is 5.69 Å². The molecule has 0 fully saturated rings. The second-order valence-corrected chi connectivity index (χ2v) is 4.06. The van der Waals surface area contributed by atoms with Crippen molar-refractivity contribution in [3.05, 3.63) is 35.9 Å². The molecule has 2 heterocycles. The van der Waals surface area contributed by atoms with Crippen molar-refractivity contribution in [3.63, 3.8) is 0 Å². The fourth-order valence-corrected chi connectivity index (χ4v) is 1.85. The zero-order valence-corrected chi connectivity index (χ0v) is 9.12. The Bertz CT molecular complexity index is 438. The van der Waals surface area contributed by atoms with E-state index in [0.717, 1.165) is 17.0 Å². The van der Waals surface area contributed by atoms with Crippen molar-refractivity contribution >= 4 is 17.6 Å². The number of nitrogen functional groups attached to an aromatic ring is 1. The van der Waals surface area contributed by atoms with E-state index in [9.17, 15) is 0 Å². The van der Waals surface area contributed by atoms with Crippen molar-refractivity contribution in [2.24, 2.45) is 0 Å². The lowest BCUT2D eigenvalue weighted by atomic mass is 10.3. The molecule has 4 nitrogen and oxygen atoms in total. The van der Waals surface area contributed by atoms with Gasteiger partial charge in [0.2, 0.25) is 0 Å². The summed E-state index contributed by atoms with van der Waals surface area (Å²) in [5.74, 6) is 1.32. The molecule has 0 amide bonds. The third-order valence-corrected chi connectivity index (χ3v) is 2.72. The second kappa shape index (κ2) is 4.35. The summed E-state index contributed by atoms with van der Waals surface area (Å²) < 4.78 is 5.22. The molecular formula is C10H11N3OS. The van der Waals surface area contributed by atoms with Gasteiger partial charge in [-0.1, -0.05) is 17.8 Å². The first-order valence-electron chi connectivity index (χ1n) is 4.49. The van der Waals surface area contributed by atoms with Gasteiger partial charge in [-0.05, 0) is 18.6 Å². The predicted molar refractivity (Wildman–Crippen MR) is 59.5 cm³/mol.